The summed E-state index contributed by atoms with van der Waals surface area (Å²) >= 11 is -0.0723. The second-order valence-electron chi connectivity index (χ2n) is 2.20. The van der Waals surface area contributed by atoms with Gasteiger partial charge in [0.2, 0.25) is 0 Å². The van der Waals surface area contributed by atoms with E-state index in [0.29, 0.717) is 4.46 Å². The molecule has 0 nitrogen and oxygen atoms in total. The zero-order valence-corrected chi connectivity index (χ0v) is 9.29. The van der Waals surface area contributed by atoms with Gasteiger partial charge in [-0.2, -0.15) is 0 Å². The Hall–Kier alpha value is -0.121. The summed E-state index contributed by atoms with van der Waals surface area (Å²) in [6.45, 7) is 0. The van der Waals surface area contributed by atoms with Crippen LogP contribution in [-0.4, -0.2) is 26.3 Å². The third kappa shape index (κ3) is 3.63. The van der Waals surface area contributed by atoms with Gasteiger partial charge in [-0.05, 0) is 0 Å². The third-order valence-electron chi connectivity index (χ3n) is 1.29. The summed E-state index contributed by atoms with van der Waals surface area (Å²) in [7, 11) is 0. The molecule has 0 heterocycles. The number of hydrogen-bond donors (Lipinski definition) is 0. The summed E-state index contributed by atoms with van der Waals surface area (Å²) in [4.78, 5) is 0.722. The minimum absolute atomic E-state index is 0.412. The maximum atomic E-state index is 12.1. The normalized spacial score (nSPS) is 11.7. The van der Waals surface area contributed by atoms with Crippen molar-refractivity contribution in [3.05, 3.63) is 24.3 Å². The molecule has 13 heavy (non-hydrogen) atoms. The van der Waals surface area contributed by atoms with Crippen LogP contribution in [0.25, 0.3) is 0 Å². The summed E-state index contributed by atoms with van der Waals surface area (Å²) in [6, 6.07) is 6.65. The molecular formula is C8H7F3SSe. The van der Waals surface area contributed by atoms with Gasteiger partial charge in [0.05, 0.1) is 0 Å². The van der Waals surface area contributed by atoms with Crippen molar-refractivity contribution in [2.75, 3.05) is 6.26 Å². The first-order valence-electron chi connectivity index (χ1n) is 3.41. The maximum absolute atomic E-state index is 12.1. The Bertz CT molecular complexity index is 285. The van der Waals surface area contributed by atoms with Gasteiger partial charge in [-0.25, -0.2) is 0 Å². The SMILES string of the molecule is CSc1ccccc1[Se]C(F)(F)F. The average molecular weight is 271 g/mol. The van der Waals surface area contributed by atoms with E-state index in [-0.39, 0.29) is 0 Å². The topological polar surface area (TPSA) is 0 Å². The van der Waals surface area contributed by atoms with Crippen molar-refractivity contribution in [1.29, 1.82) is 0 Å². The molecule has 0 fully saturated rings. The number of halogens is 3. The van der Waals surface area contributed by atoms with Crippen molar-refractivity contribution in [2.45, 2.75) is 9.97 Å². The van der Waals surface area contributed by atoms with Crippen LogP contribution in [0.1, 0.15) is 0 Å². The van der Waals surface area contributed by atoms with Crippen LogP contribution in [0.4, 0.5) is 13.2 Å². The molecule has 0 aliphatic rings. The van der Waals surface area contributed by atoms with Crippen LogP contribution in [0.3, 0.4) is 0 Å². The Balaban J connectivity index is 2.87. The molecule has 0 saturated carbocycles. The first kappa shape index (κ1) is 11.0. The van der Waals surface area contributed by atoms with Gasteiger partial charge < -0.3 is 0 Å². The van der Waals surface area contributed by atoms with Gasteiger partial charge >= 0.3 is 84.8 Å². The van der Waals surface area contributed by atoms with E-state index in [9.17, 15) is 13.2 Å². The standard InChI is InChI=1S/C8H7F3SSe/c1-12-6-4-2-3-5-7(6)13-8(9,10)11/h2-5H,1H3. The first-order chi connectivity index (χ1) is 6.03. The van der Waals surface area contributed by atoms with E-state index in [1.165, 1.54) is 11.8 Å². The fourth-order valence-corrected chi connectivity index (χ4v) is 3.24. The Morgan fingerprint density at radius 1 is 1.23 bits per heavy atom. The molecule has 0 aliphatic heterocycles. The molecule has 72 valence electrons. The van der Waals surface area contributed by atoms with Crippen LogP contribution in [0.15, 0.2) is 29.2 Å². The van der Waals surface area contributed by atoms with Crippen molar-refractivity contribution in [3.63, 3.8) is 0 Å². The van der Waals surface area contributed by atoms with Gasteiger partial charge in [-0.1, -0.05) is 0 Å². The average Bonchev–Trinajstić information content (AvgIpc) is 2.02. The number of hydrogen-bond acceptors (Lipinski definition) is 1. The van der Waals surface area contributed by atoms with E-state index in [0.717, 1.165) is 4.90 Å². The molecule has 0 aromatic heterocycles. The molecule has 0 unspecified atom stereocenters. The molecule has 0 atom stereocenters. The third-order valence-corrected chi connectivity index (χ3v) is 4.08. The Labute approximate surface area is 85.1 Å². The monoisotopic (exact) mass is 272 g/mol. The zero-order chi connectivity index (χ0) is 9.90. The van der Waals surface area contributed by atoms with E-state index in [1.54, 1.807) is 30.5 Å². The Morgan fingerprint density at radius 2 is 1.85 bits per heavy atom. The molecule has 5 heteroatoms. The predicted molar refractivity (Wildman–Crippen MR) is 49.7 cm³/mol. The molecule has 0 N–H and O–H groups in total. The van der Waals surface area contributed by atoms with Crippen LogP contribution in [0.5, 0.6) is 0 Å². The number of benzene rings is 1. The van der Waals surface area contributed by atoms with Gasteiger partial charge in [-0.15, -0.1) is 0 Å². The molecule has 0 amide bonds. The Morgan fingerprint density at radius 3 is 2.38 bits per heavy atom. The summed E-state index contributed by atoms with van der Waals surface area (Å²) in [5.41, 5.74) is 0. The molecule has 0 spiro atoms. The van der Waals surface area contributed by atoms with Crippen molar-refractivity contribution < 1.29 is 13.2 Å². The van der Waals surface area contributed by atoms with E-state index < -0.39 is 20.0 Å². The number of alkyl halides is 3. The van der Waals surface area contributed by atoms with E-state index >= 15 is 0 Å². The van der Waals surface area contributed by atoms with E-state index in [1.807, 2.05) is 0 Å². The quantitative estimate of drug-likeness (QED) is 0.587. The van der Waals surface area contributed by atoms with Crippen LogP contribution in [0.2, 0.25) is 0 Å². The molecule has 0 radical (unpaired) electrons. The molecule has 1 aromatic rings. The van der Waals surface area contributed by atoms with Gasteiger partial charge in [0.25, 0.3) is 0 Å². The molecule has 0 bridgehead atoms. The summed E-state index contributed by atoms with van der Waals surface area (Å²) in [6.07, 6.45) is 1.78. The van der Waals surface area contributed by atoms with Gasteiger partial charge in [0, 0.05) is 0 Å². The van der Waals surface area contributed by atoms with E-state index in [4.69, 9.17) is 0 Å². The van der Waals surface area contributed by atoms with Crippen LogP contribution >= 0.6 is 11.8 Å². The summed E-state index contributed by atoms with van der Waals surface area (Å²) < 4.78 is 36.6. The molecular weight excluding hydrogens is 264 g/mol. The van der Waals surface area contributed by atoms with Crippen molar-refractivity contribution in [3.8, 4) is 0 Å². The van der Waals surface area contributed by atoms with Crippen LogP contribution in [0, 0.1) is 0 Å². The van der Waals surface area contributed by atoms with Crippen molar-refractivity contribution >= 4 is 31.2 Å². The van der Waals surface area contributed by atoms with Crippen molar-refractivity contribution in [2.24, 2.45) is 0 Å². The molecule has 1 rings (SSSR count). The fraction of sp³-hybridized carbons (Fsp3) is 0.250. The van der Waals surface area contributed by atoms with Gasteiger partial charge in [0.15, 0.2) is 0 Å². The van der Waals surface area contributed by atoms with Crippen LogP contribution in [-0.2, 0) is 0 Å². The van der Waals surface area contributed by atoms with Crippen LogP contribution < -0.4 is 4.46 Å². The fourth-order valence-electron chi connectivity index (χ4n) is 0.828. The van der Waals surface area contributed by atoms with Gasteiger partial charge in [0.1, 0.15) is 0 Å². The first-order valence-corrected chi connectivity index (χ1v) is 6.35. The van der Waals surface area contributed by atoms with Crippen molar-refractivity contribution in [1.82, 2.24) is 0 Å². The molecule has 1 aromatic carbocycles. The zero-order valence-electron chi connectivity index (χ0n) is 6.76. The number of thioether (sulfide) groups is 1. The molecule has 0 saturated heterocycles. The minimum atomic E-state index is -4.06. The summed E-state index contributed by atoms with van der Waals surface area (Å²) in [5, 5.41) is -4.06. The van der Waals surface area contributed by atoms with E-state index in [2.05, 4.69) is 0 Å². The van der Waals surface area contributed by atoms with Gasteiger partial charge in [-0.3, -0.25) is 0 Å². The Kier molecular flexibility index (Phi) is 3.71. The molecule has 0 aliphatic carbocycles. The number of rotatable bonds is 2. The summed E-state index contributed by atoms with van der Waals surface area (Å²) in [5.74, 6) is 0. The second-order valence-corrected chi connectivity index (χ2v) is 5.37. The second kappa shape index (κ2) is 4.40. The predicted octanol–water partition coefficient (Wildman–Crippen LogP) is 2.26.